The molecular weight excluding hydrogens is 492 g/mol. The minimum atomic E-state index is -3.89. The Hall–Kier alpha value is -2.62. The Kier molecular flexibility index (Phi) is 7.40. The van der Waals surface area contributed by atoms with Gasteiger partial charge in [0.25, 0.3) is 0 Å². The lowest BCUT2D eigenvalue weighted by atomic mass is 9.95. The first-order valence-electron chi connectivity index (χ1n) is 11.6. The third-order valence-electron chi connectivity index (χ3n) is 6.62. The molecule has 10 heteroatoms. The third-order valence-corrected chi connectivity index (χ3v) is 8.74. The van der Waals surface area contributed by atoms with Crippen LogP contribution in [0.15, 0.2) is 47.4 Å². The van der Waals surface area contributed by atoms with Gasteiger partial charge in [-0.2, -0.15) is 4.31 Å². The highest BCUT2D eigenvalue weighted by molar-refractivity contribution is 7.89. The summed E-state index contributed by atoms with van der Waals surface area (Å²) in [6.45, 7) is 2.50. The molecule has 1 aliphatic carbocycles. The van der Waals surface area contributed by atoms with Gasteiger partial charge in [0.05, 0.1) is 25.0 Å². The number of nitrogens with one attached hydrogen (secondary N) is 1. The molecular formula is C25H29ClN2O6S. The molecule has 2 fully saturated rings. The van der Waals surface area contributed by atoms with Gasteiger partial charge in [0, 0.05) is 23.8 Å². The fourth-order valence-electron chi connectivity index (χ4n) is 4.49. The lowest BCUT2D eigenvalue weighted by Crippen LogP contribution is -2.43. The van der Waals surface area contributed by atoms with Crippen molar-refractivity contribution in [2.45, 2.75) is 42.9 Å². The molecule has 2 aliphatic rings. The first-order valence-corrected chi connectivity index (χ1v) is 13.5. The zero-order valence-electron chi connectivity index (χ0n) is 19.8. The van der Waals surface area contributed by atoms with E-state index in [9.17, 15) is 18.0 Å². The van der Waals surface area contributed by atoms with Crippen LogP contribution in [0, 0.1) is 5.92 Å². The molecule has 0 spiro atoms. The molecule has 1 heterocycles. The van der Waals surface area contributed by atoms with Gasteiger partial charge in [0.1, 0.15) is 10.6 Å². The summed E-state index contributed by atoms with van der Waals surface area (Å²) in [5.74, 6) is -0.756. The largest absolute Gasteiger partial charge is 0.495 e. The van der Waals surface area contributed by atoms with E-state index in [1.807, 2.05) is 12.1 Å². The summed E-state index contributed by atoms with van der Waals surface area (Å²) in [4.78, 5) is 25.3. The molecule has 188 valence electrons. The van der Waals surface area contributed by atoms with Crippen LogP contribution in [0.1, 0.15) is 38.2 Å². The van der Waals surface area contributed by atoms with Crippen molar-refractivity contribution in [2.75, 3.05) is 32.1 Å². The van der Waals surface area contributed by atoms with Crippen LogP contribution in [0.4, 0.5) is 5.69 Å². The summed E-state index contributed by atoms with van der Waals surface area (Å²) in [7, 11) is -2.49. The van der Waals surface area contributed by atoms with E-state index in [0.29, 0.717) is 31.7 Å². The second-order valence-electron chi connectivity index (χ2n) is 8.87. The monoisotopic (exact) mass is 520 g/mol. The summed E-state index contributed by atoms with van der Waals surface area (Å²) >= 11 is 6.04. The van der Waals surface area contributed by atoms with Crippen molar-refractivity contribution in [3.05, 3.63) is 53.1 Å². The SMILES string of the molecule is CCOC(=O)C1(c2ccc(NC(=O)[C@@H]3CCCN(S(=O)(=O)c4cc(Cl)ccc4OC)C3)cc2)CC1. The van der Waals surface area contributed by atoms with Crippen LogP contribution in [0.25, 0.3) is 0 Å². The number of carbonyl (C=O) groups excluding carboxylic acids is 2. The predicted molar refractivity (Wildman–Crippen MR) is 132 cm³/mol. The van der Waals surface area contributed by atoms with Crippen LogP contribution in [0.3, 0.4) is 0 Å². The van der Waals surface area contributed by atoms with E-state index in [4.69, 9.17) is 21.1 Å². The number of methoxy groups -OCH3 is 1. The third kappa shape index (κ3) is 5.17. The lowest BCUT2D eigenvalue weighted by molar-refractivity contribution is -0.146. The number of carbonyl (C=O) groups is 2. The minimum absolute atomic E-state index is 0.0141. The molecule has 1 atom stereocenters. The van der Waals surface area contributed by atoms with Gasteiger partial charge in [-0.1, -0.05) is 23.7 Å². The summed E-state index contributed by atoms with van der Waals surface area (Å²) in [5, 5.41) is 3.17. The number of piperidine rings is 1. The Morgan fingerprint density at radius 2 is 1.89 bits per heavy atom. The van der Waals surface area contributed by atoms with Crippen molar-refractivity contribution in [3.8, 4) is 5.75 Å². The number of nitrogens with zero attached hydrogens (tertiary/aromatic N) is 1. The van der Waals surface area contributed by atoms with E-state index >= 15 is 0 Å². The Balaban J connectivity index is 1.44. The summed E-state index contributed by atoms with van der Waals surface area (Å²) in [5.41, 5.74) is 0.896. The van der Waals surface area contributed by atoms with Crippen LogP contribution < -0.4 is 10.1 Å². The molecule has 0 unspecified atom stereocenters. The van der Waals surface area contributed by atoms with E-state index in [1.54, 1.807) is 25.1 Å². The number of sulfonamides is 1. The summed E-state index contributed by atoms with van der Waals surface area (Å²) in [6, 6.07) is 11.6. The zero-order valence-corrected chi connectivity index (χ0v) is 21.3. The van der Waals surface area contributed by atoms with Crippen molar-refractivity contribution >= 4 is 39.2 Å². The Morgan fingerprint density at radius 3 is 2.51 bits per heavy atom. The van der Waals surface area contributed by atoms with Gasteiger partial charge in [-0.25, -0.2) is 8.42 Å². The number of hydrogen-bond donors (Lipinski definition) is 1. The van der Waals surface area contributed by atoms with Crippen molar-refractivity contribution < 1.29 is 27.5 Å². The van der Waals surface area contributed by atoms with Crippen molar-refractivity contribution in [1.29, 1.82) is 0 Å². The first-order chi connectivity index (χ1) is 16.7. The van der Waals surface area contributed by atoms with Crippen LogP contribution in [-0.4, -0.2) is 51.4 Å². The van der Waals surface area contributed by atoms with Gasteiger partial charge >= 0.3 is 5.97 Å². The molecule has 1 amide bonds. The summed E-state index contributed by atoms with van der Waals surface area (Å²) < 4.78 is 38.4. The molecule has 1 saturated heterocycles. The van der Waals surface area contributed by atoms with Gasteiger partial charge in [-0.05, 0) is 68.5 Å². The molecule has 4 rings (SSSR count). The van der Waals surface area contributed by atoms with E-state index in [-0.39, 0.29) is 34.1 Å². The molecule has 2 aromatic carbocycles. The van der Waals surface area contributed by atoms with Gasteiger partial charge in [-0.3, -0.25) is 9.59 Å². The highest BCUT2D eigenvalue weighted by Gasteiger charge is 2.52. The van der Waals surface area contributed by atoms with Crippen LogP contribution in [-0.2, 0) is 29.8 Å². The van der Waals surface area contributed by atoms with Crippen LogP contribution >= 0.6 is 11.6 Å². The maximum Gasteiger partial charge on any atom is 0.316 e. The van der Waals surface area contributed by atoms with E-state index in [1.165, 1.54) is 23.5 Å². The van der Waals surface area contributed by atoms with E-state index in [2.05, 4.69) is 5.32 Å². The second-order valence-corrected chi connectivity index (χ2v) is 11.2. The number of ether oxygens (including phenoxy) is 2. The van der Waals surface area contributed by atoms with Crippen molar-refractivity contribution in [3.63, 3.8) is 0 Å². The number of benzene rings is 2. The predicted octanol–water partition coefficient (Wildman–Crippen LogP) is 3.98. The van der Waals surface area contributed by atoms with E-state index in [0.717, 1.165) is 18.4 Å². The molecule has 35 heavy (non-hydrogen) atoms. The minimum Gasteiger partial charge on any atom is -0.495 e. The fraction of sp³-hybridized carbons (Fsp3) is 0.440. The van der Waals surface area contributed by atoms with Crippen molar-refractivity contribution in [2.24, 2.45) is 5.92 Å². The average molecular weight is 521 g/mol. The Bertz CT molecular complexity index is 1210. The maximum atomic E-state index is 13.3. The van der Waals surface area contributed by atoms with Crippen LogP contribution in [0.2, 0.25) is 5.02 Å². The molecule has 0 radical (unpaired) electrons. The van der Waals surface area contributed by atoms with Gasteiger partial charge < -0.3 is 14.8 Å². The molecule has 1 aliphatic heterocycles. The highest BCUT2D eigenvalue weighted by Crippen LogP contribution is 2.49. The number of amides is 1. The topological polar surface area (TPSA) is 102 Å². The van der Waals surface area contributed by atoms with Crippen LogP contribution in [0.5, 0.6) is 5.75 Å². The second kappa shape index (κ2) is 10.2. The van der Waals surface area contributed by atoms with Crippen molar-refractivity contribution in [1.82, 2.24) is 4.31 Å². The quantitative estimate of drug-likeness (QED) is 0.528. The standard InChI is InChI=1S/C25H29ClN2O6S/c1-3-34-24(30)25(12-13-25)18-6-9-20(10-7-18)27-23(29)17-5-4-14-28(16-17)35(31,32)22-15-19(26)8-11-21(22)33-2/h6-11,15,17H,3-5,12-14,16H2,1-2H3,(H,27,29)/t17-/m1/s1. The molecule has 2 aromatic rings. The Labute approximate surface area is 210 Å². The van der Waals surface area contributed by atoms with Gasteiger partial charge in [0.2, 0.25) is 15.9 Å². The lowest BCUT2D eigenvalue weighted by Gasteiger charge is -2.31. The number of esters is 1. The molecule has 1 N–H and O–H groups in total. The molecule has 0 bridgehead atoms. The average Bonchev–Trinajstić information content (AvgIpc) is 3.67. The molecule has 8 nitrogen and oxygen atoms in total. The summed E-state index contributed by atoms with van der Waals surface area (Å²) in [6.07, 6.45) is 2.64. The first kappa shape index (κ1) is 25.5. The van der Waals surface area contributed by atoms with Gasteiger partial charge in [-0.15, -0.1) is 0 Å². The maximum absolute atomic E-state index is 13.3. The number of halogens is 1. The Morgan fingerprint density at radius 1 is 1.17 bits per heavy atom. The normalized spacial score (nSPS) is 19.6. The number of rotatable bonds is 8. The molecule has 1 saturated carbocycles. The number of hydrogen-bond acceptors (Lipinski definition) is 6. The fourth-order valence-corrected chi connectivity index (χ4v) is 6.43. The highest BCUT2D eigenvalue weighted by atomic mass is 35.5. The number of anilines is 1. The van der Waals surface area contributed by atoms with E-state index < -0.39 is 21.4 Å². The smallest absolute Gasteiger partial charge is 0.316 e. The van der Waals surface area contributed by atoms with Gasteiger partial charge in [0.15, 0.2) is 0 Å². The zero-order chi connectivity index (χ0) is 25.2. The molecule has 0 aromatic heterocycles.